The van der Waals surface area contributed by atoms with Crippen LogP contribution in [0.5, 0.6) is 0 Å². The van der Waals surface area contributed by atoms with Crippen LogP contribution in [-0.2, 0) is 0 Å². The number of nitrogens with zero attached hydrogens (tertiary/aromatic N) is 1. The van der Waals surface area contributed by atoms with Crippen molar-refractivity contribution < 1.29 is 8.22 Å². The zero-order valence-electron chi connectivity index (χ0n) is 8.70. The number of halogens is 2. The highest BCUT2D eigenvalue weighted by atomic mass is 28.5. The lowest BCUT2D eigenvalue weighted by molar-refractivity contribution is 0.583. The highest BCUT2D eigenvalue weighted by molar-refractivity contribution is 6.97. The van der Waals surface area contributed by atoms with Crippen LogP contribution in [0.3, 0.4) is 0 Å². The van der Waals surface area contributed by atoms with Crippen molar-refractivity contribution in [2.45, 2.75) is 39.3 Å². The van der Waals surface area contributed by atoms with E-state index in [2.05, 4.69) is 0 Å². The van der Waals surface area contributed by atoms with E-state index in [0.717, 1.165) is 0 Å². The normalized spacial score (nSPS) is 14.5. The maximum absolute atomic E-state index is 12.8. The van der Waals surface area contributed by atoms with Crippen LogP contribution in [0.2, 0.25) is 39.3 Å². The summed E-state index contributed by atoms with van der Waals surface area (Å²) in [7, 11) is -6.82. The molecule has 0 spiro atoms. The standard InChI is InChI=1S/C6H18F2NSi3/c1-11(2,3)9(10(7)8)12(4,5)6/h1-6H3. The summed E-state index contributed by atoms with van der Waals surface area (Å²) in [6.07, 6.45) is 0. The van der Waals surface area contributed by atoms with E-state index in [4.69, 9.17) is 0 Å². The van der Waals surface area contributed by atoms with Gasteiger partial charge in [-0.05, 0) is 0 Å². The lowest BCUT2D eigenvalue weighted by Gasteiger charge is -2.41. The molecular formula is C6H18F2NSi3. The lowest BCUT2D eigenvalue weighted by atomic mass is 11.8. The molecular weight excluding hydrogens is 208 g/mol. The molecule has 73 valence electrons. The van der Waals surface area contributed by atoms with Gasteiger partial charge in [-0.3, -0.25) is 0 Å². The summed E-state index contributed by atoms with van der Waals surface area (Å²) >= 11 is 0. The molecule has 0 aliphatic rings. The highest BCUT2D eigenvalue weighted by Crippen LogP contribution is 2.21. The second kappa shape index (κ2) is 3.69. The first kappa shape index (κ1) is 12.5. The lowest BCUT2D eigenvalue weighted by Crippen LogP contribution is -2.63. The van der Waals surface area contributed by atoms with Crippen molar-refractivity contribution in [3.63, 3.8) is 0 Å². The van der Waals surface area contributed by atoms with Gasteiger partial charge in [0.15, 0.2) is 0 Å². The molecule has 1 nitrogen and oxygen atoms in total. The summed E-state index contributed by atoms with van der Waals surface area (Å²) in [4.78, 5) is 0. The minimum Gasteiger partial charge on any atom is -0.315 e. The molecule has 0 aromatic carbocycles. The van der Waals surface area contributed by atoms with Crippen molar-refractivity contribution in [2.24, 2.45) is 0 Å². The van der Waals surface area contributed by atoms with E-state index in [0.29, 0.717) is 0 Å². The molecule has 6 heteroatoms. The smallest absolute Gasteiger partial charge is 0.315 e. The van der Waals surface area contributed by atoms with Gasteiger partial charge in [-0.25, -0.2) is 8.22 Å². The third-order valence-electron chi connectivity index (χ3n) is 1.51. The number of hydrogen-bond donors (Lipinski definition) is 0. The third kappa shape index (κ3) is 3.46. The molecule has 0 N–H and O–H groups in total. The molecule has 0 aromatic heterocycles. The van der Waals surface area contributed by atoms with E-state index in [1.54, 1.807) is 3.90 Å². The van der Waals surface area contributed by atoms with Crippen molar-refractivity contribution in [2.75, 3.05) is 0 Å². The molecule has 0 bridgehead atoms. The number of hydrogen-bond acceptors (Lipinski definition) is 1. The van der Waals surface area contributed by atoms with Crippen LogP contribution in [0.1, 0.15) is 0 Å². The summed E-state index contributed by atoms with van der Waals surface area (Å²) in [6, 6.07) is 0. The van der Waals surface area contributed by atoms with E-state index in [9.17, 15) is 8.22 Å². The minimum atomic E-state index is -3.23. The predicted octanol–water partition coefficient (Wildman–Crippen LogP) is 2.88. The van der Waals surface area contributed by atoms with Gasteiger partial charge in [0.05, 0.1) is 0 Å². The molecule has 0 saturated heterocycles. The fourth-order valence-corrected chi connectivity index (χ4v) is 13.6. The summed E-state index contributed by atoms with van der Waals surface area (Å²) in [5.74, 6) is 0. The fourth-order valence-electron chi connectivity index (χ4n) is 1.51. The van der Waals surface area contributed by atoms with Crippen LogP contribution >= 0.6 is 0 Å². The quantitative estimate of drug-likeness (QED) is 0.528. The van der Waals surface area contributed by atoms with Crippen LogP contribution in [0.15, 0.2) is 0 Å². The molecule has 0 unspecified atom stereocenters. The maximum Gasteiger partial charge on any atom is 0.559 e. The average molecular weight is 226 g/mol. The van der Waals surface area contributed by atoms with Gasteiger partial charge in [0.1, 0.15) is 16.5 Å². The summed E-state index contributed by atoms with van der Waals surface area (Å²) < 4.78 is 27.2. The first-order valence-corrected chi connectivity index (χ1v) is 12.1. The Kier molecular flexibility index (Phi) is 3.83. The SMILES string of the molecule is C[Si](C)(C)N([Si](F)F)[Si](C)(C)C. The Morgan fingerprint density at radius 3 is 1.08 bits per heavy atom. The summed E-state index contributed by atoms with van der Waals surface area (Å²) in [6.45, 7) is 12.0. The Morgan fingerprint density at radius 2 is 1.08 bits per heavy atom. The van der Waals surface area contributed by atoms with Gasteiger partial charge < -0.3 is 3.90 Å². The molecule has 12 heavy (non-hydrogen) atoms. The van der Waals surface area contributed by atoms with Crippen molar-refractivity contribution in [1.29, 1.82) is 0 Å². The monoisotopic (exact) mass is 226 g/mol. The molecule has 0 aliphatic carbocycles. The van der Waals surface area contributed by atoms with E-state index >= 15 is 0 Å². The number of rotatable bonds is 3. The van der Waals surface area contributed by atoms with Gasteiger partial charge in [-0.1, -0.05) is 39.3 Å². The van der Waals surface area contributed by atoms with Crippen molar-refractivity contribution in [3.05, 3.63) is 0 Å². The molecule has 0 atom stereocenters. The first-order valence-electron chi connectivity index (χ1n) is 4.05. The second-order valence-corrected chi connectivity index (χ2v) is 16.8. The Hall–Kier alpha value is 0.471. The van der Waals surface area contributed by atoms with Crippen LogP contribution in [-0.4, -0.2) is 30.0 Å². The predicted molar refractivity (Wildman–Crippen MR) is 56.5 cm³/mol. The average Bonchev–Trinajstić information content (AvgIpc) is 1.49. The molecule has 0 saturated carbocycles. The van der Waals surface area contributed by atoms with Crippen molar-refractivity contribution in [1.82, 2.24) is 3.90 Å². The van der Waals surface area contributed by atoms with Gasteiger partial charge in [-0.15, -0.1) is 0 Å². The van der Waals surface area contributed by atoms with Crippen molar-refractivity contribution in [3.8, 4) is 0 Å². The van der Waals surface area contributed by atoms with Crippen LogP contribution < -0.4 is 0 Å². The van der Waals surface area contributed by atoms with E-state index in [1.165, 1.54) is 0 Å². The molecule has 0 aromatic rings. The summed E-state index contributed by atoms with van der Waals surface area (Å²) in [5, 5.41) is 0. The van der Waals surface area contributed by atoms with Gasteiger partial charge in [0.25, 0.3) is 0 Å². The van der Waals surface area contributed by atoms with Gasteiger partial charge in [0.2, 0.25) is 0 Å². The first-order chi connectivity index (χ1) is 5.07. The molecule has 0 rings (SSSR count). The molecule has 0 amide bonds. The minimum absolute atomic E-state index is 1.59. The van der Waals surface area contributed by atoms with Crippen LogP contribution in [0, 0.1) is 0 Å². The topological polar surface area (TPSA) is 3.24 Å². The van der Waals surface area contributed by atoms with Gasteiger partial charge in [0, 0.05) is 0 Å². The summed E-state index contributed by atoms with van der Waals surface area (Å²) in [5.41, 5.74) is 0. The van der Waals surface area contributed by atoms with Gasteiger partial charge in [-0.2, -0.15) is 0 Å². The molecule has 1 radical (unpaired) electrons. The molecule has 0 aliphatic heterocycles. The van der Waals surface area contributed by atoms with E-state index < -0.39 is 26.1 Å². The van der Waals surface area contributed by atoms with Crippen molar-refractivity contribution >= 4 is 26.1 Å². The molecule has 0 fully saturated rings. The highest BCUT2D eigenvalue weighted by Gasteiger charge is 2.42. The Morgan fingerprint density at radius 1 is 0.833 bits per heavy atom. The Bertz CT molecular complexity index is 136. The van der Waals surface area contributed by atoms with Crippen LogP contribution in [0.4, 0.5) is 8.22 Å². The fraction of sp³-hybridized carbons (Fsp3) is 1.00. The van der Waals surface area contributed by atoms with E-state index in [1.807, 2.05) is 39.3 Å². The second-order valence-electron chi connectivity index (χ2n) is 4.92. The Labute approximate surface area is 78.0 Å². The largest absolute Gasteiger partial charge is 0.559 e. The maximum atomic E-state index is 12.8. The zero-order chi connectivity index (χ0) is 10.2. The molecule has 0 heterocycles. The van der Waals surface area contributed by atoms with E-state index in [-0.39, 0.29) is 0 Å². The Balaban J connectivity index is 4.70. The zero-order valence-corrected chi connectivity index (χ0v) is 11.7. The van der Waals surface area contributed by atoms with Crippen LogP contribution in [0.25, 0.3) is 0 Å². The third-order valence-corrected chi connectivity index (χ3v) is 13.6. The van der Waals surface area contributed by atoms with Gasteiger partial charge >= 0.3 is 9.63 Å².